The number of ether oxygens (including phenoxy) is 2. The summed E-state index contributed by atoms with van der Waals surface area (Å²) in [5.74, 6) is 0.625. The lowest BCUT2D eigenvalue weighted by Crippen LogP contribution is -2.39. The molecule has 1 aliphatic carbocycles. The highest BCUT2D eigenvalue weighted by Gasteiger charge is 2.24. The van der Waals surface area contributed by atoms with Gasteiger partial charge in [0.15, 0.2) is 0 Å². The van der Waals surface area contributed by atoms with Crippen molar-refractivity contribution in [3.8, 4) is 0 Å². The molecule has 2 N–H and O–H groups in total. The zero-order chi connectivity index (χ0) is 14.7. The van der Waals surface area contributed by atoms with E-state index < -0.39 is 10.0 Å². The van der Waals surface area contributed by atoms with Crippen LogP contribution in [0, 0.1) is 0 Å². The van der Waals surface area contributed by atoms with Gasteiger partial charge in [-0.1, -0.05) is 0 Å². The molecule has 2 aliphatic rings. The molecule has 0 radical (unpaired) electrons. The Morgan fingerprint density at radius 2 is 2.10 bits per heavy atom. The fourth-order valence-electron chi connectivity index (χ4n) is 2.06. The highest BCUT2D eigenvalue weighted by atomic mass is 32.2. The van der Waals surface area contributed by atoms with Crippen LogP contribution in [0.25, 0.3) is 0 Å². The SMILES string of the molecule is O=S(=O)(NCC1COCCO1)c1ccc(CNC2CC2)o1. The molecule has 1 saturated heterocycles. The quantitative estimate of drug-likeness (QED) is 0.748. The summed E-state index contributed by atoms with van der Waals surface area (Å²) >= 11 is 0. The van der Waals surface area contributed by atoms with Crippen molar-refractivity contribution in [2.24, 2.45) is 0 Å². The summed E-state index contributed by atoms with van der Waals surface area (Å²) in [5.41, 5.74) is 0. The summed E-state index contributed by atoms with van der Waals surface area (Å²) in [6.45, 7) is 2.18. The van der Waals surface area contributed by atoms with E-state index in [1.54, 1.807) is 6.07 Å². The molecule has 1 atom stereocenters. The maximum absolute atomic E-state index is 12.1. The van der Waals surface area contributed by atoms with E-state index in [1.807, 2.05) is 0 Å². The second-order valence-electron chi connectivity index (χ2n) is 5.30. The Morgan fingerprint density at radius 3 is 2.81 bits per heavy atom. The molecular formula is C13H20N2O5S. The molecule has 1 aliphatic heterocycles. The molecule has 2 heterocycles. The molecule has 2 fully saturated rings. The third-order valence-electron chi connectivity index (χ3n) is 3.43. The van der Waals surface area contributed by atoms with Crippen LogP contribution >= 0.6 is 0 Å². The van der Waals surface area contributed by atoms with Gasteiger partial charge in [-0.05, 0) is 25.0 Å². The molecule has 8 heteroatoms. The highest BCUT2D eigenvalue weighted by molar-refractivity contribution is 7.89. The van der Waals surface area contributed by atoms with Crippen molar-refractivity contribution in [3.05, 3.63) is 17.9 Å². The number of hydrogen-bond donors (Lipinski definition) is 2. The largest absolute Gasteiger partial charge is 0.447 e. The molecule has 0 spiro atoms. The first kappa shape index (κ1) is 15.0. The molecule has 1 aromatic rings. The van der Waals surface area contributed by atoms with Crippen molar-refractivity contribution in [2.45, 2.75) is 36.6 Å². The van der Waals surface area contributed by atoms with Gasteiger partial charge >= 0.3 is 0 Å². The van der Waals surface area contributed by atoms with Crippen molar-refractivity contribution in [2.75, 3.05) is 26.4 Å². The van der Waals surface area contributed by atoms with E-state index in [0.29, 0.717) is 38.2 Å². The number of nitrogens with one attached hydrogen (secondary N) is 2. The first-order valence-electron chi connectivity index (χ1n) is 7.14. The Labute approximate surface area is 124 Å². The second kappa shape index (κ2) is 6.45. The predicted octanol–water partition coefficient (Wildman–Crippen LogP) is 0.225. The summed E-state index contributed by atoms with van der Waals surface area (Å²) in [6.07, 6.45) is 2.10. The molecule has 1 aromatic heterocycles. The Hall–Kier alpha value is -0.930. The topological polar surface area (TPSA) is 89.8 Å². The van der Waals surface area contributed by atoms with E-state index in [4.69, 9.17) is 13.9 Å². The van der Waals surface area contributed by atoms with Gasteiger partial charge in [0.25, 0.3) is 10.0 Å². The Morgan fingerprint density at radius 1 is 1.24 bits per heavy atom. The molecule has 1 unspecified atom stereocenters. The maximum Gasteiger partial charge on any atom is 0.274 e. The smallest absolute Gasteiger partial charge is 0.274 e. The first-order valence-corrected chi connectivity index (χ1v) is 8.63. The minimum absolute atomic E-state index is 0.0631. The Bertz CT molecular complexity index is 561. The van der Waals surface area contributed by atoms with Crippen molar-refractivity contribution in [1.82, 2.24) is 10.0 Å². The van der Waals surface area contributed by atoms with Crippen LogP contribution in [0.1, 0.15) is 18.6 Å². The van der Waals surface area contributed by atoms with Crippen LogP contribution in [0.5, 0.6) is 0 Å². The van der Waals surface area contributed by atoms with Crippen LogP contribution in [0.4, 0.5) is 0 Å². The van der Waals surface area contributed by atoms with Crippen molar-refractivity contribution >= 4 is 10.0 Å². The number of rotatable bonds is 7. The molecule has 21 heavy (non-hydrogen) atoms. The van der Waals surface area contributed by atoms with E-state index >= 15 is 0 Å². The van der Waals surface area contributed by atoms with Crippen molar-refractivity contribution in [3.63, 3.8) is 0 Å². The van der Waals surface area contributed by atoms with Crippen molar-refractivity contribution in [1.29, 1.82) is 0 Å². The molecule has 118 valence electrons. The summed E-state index contributed by atoms with van der Waals surface area (Å²) in [5, 5.41) is 3.21. The molecule has 0 bridgehead atoms. The van der Waals surface area contributed by atoms with Gasteiger partial charge in [0.1, 0.15) is 5.76 Å². The van der Waals surface area contributed by atoms with Crippen LogP contribution in [0.15, 0.2) is 21.6 Å². The Balaban J connectivity index is 1.53. The van der Waals surface area contributed by atoms with Gasteiger partial charge in [-0.3, -0.25) is 0 Å². The molecule has 3 rings (SSSR count). The van der Waals surface area contributed by atoms with Crippen LogP contribution in [0.2, 0.25) is 0 Å². The zero-order valence-electron chi connectivity index (χ0n) is 11.7. The van der Waals surface area contributed by atoms with Crippen LogP contribution in [-0.2, 0) is 26.0 Å². The maximum atomic E-state index is 12.1. The van der Waals surface area contributed by atoms with Gasteiger partial charge in [0.05, 0.1) is 32.5 Å². The first-order chi connectivity index (χ1) is 10.1. The van der Waals surface area contributed by atoms with Gasteiger partial charge in [0.2, 0.25) is 5.09 Å². The molecular weight excluding hydrogens is 296 g/mol. The Kier molecular flexibility index (Phi) is 4.60. The van der Waals surface area contributed by atoms with Gasteiger partial charge in [-0.2, -0.15) is 0 Å². The van der Waals surface area contributed by atoms with E-state index in [2.05, 4.69) is 10.0 Å². The minimum atomic E-state index is -3.64. The molecule has 0 amide bonds. The lowest BCUT2D eigenvalue weighted by atomic mass is 10.3. The summed E-state index contributed by atoms with van der Waals surface area (Å²) < 4.78 is 42.7. The lowest BCUT2D eigenvalue weighted by Gasteiger charge is -2.22. The fourth-order valence-corrected chi connectivity index (χ4v) is 3.07. The molecule has 0 aromatic carbocycles. The molecule has 7 nitrogen and oxygen atoms in total. The third kappa shape index (κ3) is 4.27. The van der Waals surface area contributed by atoms with Gasteiger partial charge in [0, 0.05) is 12.6 Å². The average molecular weight is 316 g/mol. The highest BCUT2D eigenvalue weighted by Crippen LogP contribution is 2.20. The normalized spacial score (nSPS) is 23.3. The van der Waals surface area contributed by atoms with Crippen molar-refractivity contribution < 1.29 is 22.3 Å². The predicted molar refractivity (Wildman–Crippen MR) is 74.3 cm³/mol. The lowest BCUT2D eigenvalue weighted by molar-refractivity contribution is -0.0847. The van der Waals surface area contributed by atoms with Crippen LogP contribution in [-0.4, -0.2) is 46.9 Å². The summed E-state index contributed by atoms with van der Waals surface area (Å²) in [4.78, 5) is 0. The van der Waals surface area contributed by atoms with E-state index in [9.17, 15) is 8.42 Å². The van der Waals surface area contributed by atoms with Gasteiger partial charge < -0.3 is 19.2 Å². The van der Waals surface area contributed by atoms with Gasteiger partial charge in [-0.25, -0.2) is 13.1 Å². The fraction of sp³-hybridized carbons (Fsp3) is 0.692. The van der Waals surface area contributed by atoms with E-state index in [-0.39, 0.29) is 17.7 Å². The van der Waals surface area contributed by atoms with Crippen LogP contribution < -0.4 is 10.0 Å². The number of hydrogen-bond acceptors (Lipinski definition) is 6. The summed E-state index contributed by atoms with van der Waals surface area (Å²) in [6, 6.07) is 3.71. The van der Waals surface area contributed by atoms with Crippen LogP contribution in [0.3, 0.4) is 0 Å². The minimum Gasteiger partial charge on any atom is -0.447 e. The van der Waals surface area contributed by atoms with Gasteiger partial charge in [-0.15, -0.1) is 0 Å². The molecule has 1 saturated carbocycles. The average Bonchev–Trinajstić information content (AvgIpc) is 3.20. The standard InChI is InChI=1S/C13H20N2O5S/c16-21(17,15-8-12-9-18-5-6-19-12)13-4-3-11(20-13)7-14-10-1-2-10/h3-4,10,12,14-15H,1-2,5-9H2. The number of sulfonamides is 1. The number of furan rings is 1. The van der Waals surface area contributed by atoms with E-state index in [1.165, 1.54) is 18.9 Å². The zero-order valence-corrected chi connectivity index (χ0v) is 12.5. The second-order valence-corrected chi connectivity index (χ2v) is 6.99. The summed E-state index contributed by atoms with van der Waals surface area (Å²) in [7, 11) is -3.64. The van der Waals surface area contributed by atoms with E-state index in [0.717, 1.165) is 0 Å². The third-order valence-corrected chi connectivity index (χ3v) is 4.73. The monoisotopic (exact) mass is 316 g/mol.